The van der Waals surface area contributed by atoms with Gasteiger partial charge in [0.1, 0.15) is 0 Å². The quantitative estimate of drug-likeness (QED) is 0.436. The maximum Gasteiger partial charge on any atom is 0.261 e. The third-order valence-electron chi connectivity index (χ3n) is 5.52. The van der Waals surface area contributed by atoms with Crippen LogP contribution in [0.3, 0.4) is 0 Å². The second-order valence-electron chi connectivity index (χ2n) is 9.37. The van der Waals surface area contributed by atoms with E-state index in [0.29, 0.717) is 12.0 Å². The number of aromatic nitrogens is 1. The summed E-state index contributed by atoms with van der Waals surface area (Å²) in [4.78, 5) is 30.9. The third-order valence-corrected chi connectivity index (χ3v) is 7.23. The molecule has 0 atom stereocenters. The molecule has 0 aliphatic carbocycles. The molecule has 7 nitrogen and oxygen atoms in total. The fourth-order valence-corrected chi connectivity index (χ4v) is 4.73. The van der Waals surface area contributed by atoms with Crippen molar-refractivity contribution in [3.05, 3.63) is 87.7 Å². The summed E-state index contributed by atoms with van der Waals surface area (Å²) in [6.07, 6.45) is 2.14. The van der Waals surface area contributed by atoms with Crippen LogP contribution in [0.15, 0.2) is 59.6 Å². The number of nitrogens with one attached hydrogen (secondary N) is 1. The SMILES string of the molecule is Cc1ccc(CN(C)C(=O)c2c(NS(=O)(=O)c3ccc(C(C)(C)C)cc3)ccc(Cl)c2C=O)nc1. The van der Waals surface area contributed by atoms with Gasteiger partial charge in [-0.15, -0.1) is 0 Å². The van der Waals surface area contributed by atoms with Gasteiger partial charge in [0, 0.05) is 18.8 Å². The minimum absolute atomic E-state index is 0.0312. The molecule has 35 heavy (non-hydrogen) atoms. The molecule has 0 spiro atoms. The lowest BCUT2D eigenvalue weighted by Gasteiger charge is -2.21. The summed E-state index contributed by atoms with van der Waals surface area (Å²) in [6.45, 7) is 8.16. The molecule has 184 valence electrons. The van der Waals surface area contributed by atoms with Crippen molar-refractivity contribution in [2.75, 3.05) is 11.8 Å². The number of carbonyl (C=O) groups is 2. The van der Waals surface area contributed by atoms with Gasteiger partial charge >= 0.3 is 0 Å². The van der Waals surface area contributed by atoms with Crippen molar-refractivity contribution >= 4 is 39.5 Å². The number of amides is 1. The van der Waals surface area contributed by atoms with Crippen LogP contribution in [0.1, 0.15) is 58.3 Å². The van der Waals surface area contributed by atoms with Crippen molar-refractivity contribution in [1.82, 2.24) is 9.88 Å². The van der Waals surface area contributed by atoms with Crippen LogP contribution in [-0.2, 0) is 22.0 Å². The number of carbonyl (C=O) groups excluding carboxylic acids is 2. The smallest absolute Gasteiger partial charge is 0.261 e. The van der Waals surface area contributed by atoms with Crippen LogP contribution < -0.4 is 4.72 Å². The van der Waals surface area contributed by atoms with Crippen LogP contribution in [-0.4, -0.2) is 37.5 Å². The van der Waals surface area contributed by atoms with Gasteiger partial charge in [-0.05, 0) is 53.8 Å². The summed E-state index contributed by atoms with van der Waals surface area (Å²) in [5.41, 5.74) is 2.20. The summed E-state index contributed by atoms with van der Waals surface area (Å²) in [5.74, 6) is -0.572. The van der Waals surface area contributed by atoms with E-state index in [4.69, 9.17) is 11.6 Å². The number of rotatable bonds is 7. The number of halogens is 1. The molecule has 0 unspecified atom stereocenters. The Balaban J connectivity index is 1.98. The van der Waals surface area contributed by atoms with Crippen LogP contribution in [0.25, 0.3) is 0 Å². The standard InChI is InChI=1S/C26H28ClN3O4S/c1-17-6-9-19(28-14-17)15-30(5)25(32)24-21(16-31)22(27)12-13-23(24)29-35(33,34)20-10-7-18(8-11-20)26(2,3)4/h6-14,16,29H,15H2,1-5H3. The highest BCUT2D eigenvalue weighted by Gasteiger charge is 2.26. The van der Waals surface area contributed by atoms with E-state index in [1.807, 2.05) is 33.8 Å². The second kappa shape index (κ2) is 10.2. The minimum atomic E-state index is -4.05. The van der Waals surface area contributed by atoms with E-state index in [1.54, 1.807) is 31.4 Å². The van der Waals surface area contributed by atoms with Crippen molar-refractivity contribution in [1.29, 1.82) is 0 Å². The van der Waals surface area contributed by atoms with E-state index in [9.17, 15) is 18.0 Å². The number of aldehydes is 1. The molecule has 9 heteroatoms. The fourth-order valence-electron chi connectivity index (χ4n) is 3.46. The highest BCUT2D eigenvalue weighted by atomic mass is 35.5. The number of aryl methyl sites for hydroxylation is 1. The van der Waals surface area contributed by atoms with Crippen LogP contribution in [0, 0.1) is 6.92 Å². The normalized spacial score (nSPS) is 11.7. The Morgan fingerprint density at radius 2 is 1.74 bits per heavy atom. The molecule has 1 N–H and O–H groups in total. The number of hydrogen-bond donors (Lipinski definition) is 1. The van der Waals surface area contributed by atoms with Crippen LogP contribution in [0.5, 0.6) is 0 Å². The van der Waals surface area contributed by atoms with Crippen molar-refractivity contribution < 1.29 is 18.0 Å². The molecule has 0 saturated carbocycles. The monoisotopic (exact) mass is 513 g/mol. The fraction of sp³-hybridized carbons (Fsp3) is 0.269. The summed E-state index contributed by atoms with van der Waals surface area (Å²) in [7, 11) is -2.51. The Hall–Kier alpha value is -3.23. The summed E-state index contributed by atoms with van der Waals surface area (Å²) >= 11 is 6.18. The Morgan fingerprint density at radius 1 is 1.09 bits per heavy atom. The maximum absolute atomic E-state index is 13.4. The van der Waals surface area contributed by atoms with Gasteiger partial charge in [0.05, 0.1) is 33.4 Å². The van der Waals surface area contributed by atoms with Crippen LogP contribution in [0.2, 0.25) is 5.02 Å². The summed E-state index contributed by atoms with van der Waals surface area (Å²) in [5, 5.41) is 0.0442. The number of nitrogens with zero attached hydrogens (tertiary/aromatic N) is 2. The Kier molecular flexibility index (Phi) is 7.67. The zero-order valence-electron chi connectivity index (χ0n) is 20.3. The van der Waals surface area contributed by atoms with Gasteiger partial charge in [0.15, 0.2) is 6.29 Å². The van der Waals surface area contributed by atoms with Crippen molar-refractivity contribution in [2.45, 2.75) is 44.6 Å². The number of sulfonamides is 1. The minimum Gasteiger partial charge on any atom is -0.336 e. The molecule has 0 bridgehead atoms. The topological polar surface area (TPSA) is 96.4 Å². The molecule has 0 aliphatic heterocycles. The van der Waals surface area contributed by atoms with Crippen molar-refractivity contribution in [3.63, 3.8) is 0 Å². The molecule has 0 fully saturated rings. The summed E-state index contributed by atoms with van der Waals surface area (Å²) in [6, 6.07) is 12.9. The Labute approximate surface area is 211 Å². The molecular formula is C26H28ClN3O4S. The van der Waals surface area contributed by atoms with Gasteiger partial charge in [0.25, 0.3) is 15.9 Å². The molecule has 0 saturated heterocycles. The van der Waals surface area contributed by atoms with Crippen LogP contribution in [0.4, 0.5) is 5.69 Å². The molecule has 2 aromatic carbocycles. The van der Waals surface area contributed by atoms with E-state index < -0.39 is 15.9 Å². The summed E-state index contributed by atoms with van der Waals surface area (Å²) < 4.78 is 28.8. The highest BCUT2D eigenvalue weighted by molar-refractivity contribution is 7.92. The first-order valence-electron chi connectivity index (χ1n) is 10.9. The van der Waals surface area contributed by atoms with Gasteiger partial charge in [-0.2, -0.15) is 0 Å². The lowest BCUT2D eigenvalue weighted by atomic mass is 9.87. The van der Waals surface area contributed by atoms with Gasteiger partial charge in [-0.3, -0.25) is 19.3 Å². The van der Waals surface area contributed by atoms with Gasteiger partial charge < -0.3 is 4.90 Å². The second-order valence-corrected chi connectivity index (χ2v) is 11.5. The van der Waals surface area contributed by atoms with Gasteiger partial charge in [0.2, 0.25) is 0 Å². The first-order valence-corrected chi connectivity index (χ1v) is 12.8. The molecule has 1 amide bonds. The third kappa shape index (κ3) is 6.07. The van der Waals surface area contributed by atoms with Crippen molar-refractivity contribution in [2.24, 2.45) is 0 Å². The first kappa shape index (κ1) is 26.4. The van der Waals surface area contributed by atoms with E-state index in [2.05, 4.69) is 9.71 Å². The van der Waals surface area contributed by atoms with Crippen LogP contribution >= 0.6 is 11.6 Å². The maximum atomic E-state index is 13.4. The van der Waals surface area contributed by atoms with E-state index in [-0.39, 0.29) is 38.7 Å². The Morgan fingerprint density at radius 3 is 2.29 bits per heavy atom. The number of pyridine rings is 1. The zero-order valence-corrected chi connectivity index (χ0v) is 21.9. The van der Waals surface area contributed by atoms with Crippen molar-refractivity contribution in [3.8, 4) is 0 Å². The number of hydrogen-bond acceptors (Lipinski definition) is 5. The van der Waals surface area contributed by atoms with E-state index in [0.717, 1.165) is 11.1 Å². The highest BCUT2D eigenvalue weighted by Crippen LogP contribution is 2.30. The van der Waals surface area contributed by atoms with Gasteiger partial charge in [-0.25, -0.2) is 8.42 Å². The predicted octanol–water partition coefficient (Wildman–Crippen LogP) is 5.23. The molecule has 1 aromatic heterocycles. The lowest BCUT2D eigenvalue weighted by Crippen LogP contribution is -2.29. The van der Waals surface area contributed by atoms with E-state index in [1.165, 1.54) is 29.2 Å². The molecule has 1 heterocycles. The Bertz CT molecular complexity index is 1350. The number of anilines is 1. The molecule has 0 radical (unpaired) electrons. The zero-order chi connectivity index (χ0) is 26.0. The molecule has 3 rings (SSSR count). The average Bonchev–Trinajstić information content (AvgIpc) is 2.80. The molecule has 3 aromatic rings. The molecular weight excluding hydrogens is 486 g/mol. The van der Waals surface area contributed by atoms with E-state index >= 15 is 0 Å². The molecule has 0 aliphatic rings. The first-order chi connectivity index (χ1) is 16.3. The average molecular weight is 514 g/mol. The largest absolute Gasteiger partial charge is 0.336 e. The predicted molar refractivity (Wildman–Crippen MR) is 138 cm³/mol. The lowest BCUT2D eigenvalue weighted by molar-refractivity contribution is 0.0781. The van der Waals surface area contributed by atoms with Gasteiger partial charge in [-0.1, -0.05) is 50.6 Å². The number of benzene rings is 2.